The predicted molar refractivity (Wildman–Crippen MR) is 65.5 cm³/mol. The zero-order valence-electron chi connectivity index (χ0n) is 9.37. The van der Waals surface area contributed by atoms with Crippen molar-refractivity contribution in [2.75, 3.05) is 11.1 Å². The molecule has 1 aliphatic heterocycles. The number of rotatable bonds is 1. The zero-order chi connectivity index (χ0) is 12.0. The second-order valence-corrected chi connectivity index (χ2v) is 4.28. The molecule has 0 bridgehead atoms. The number of hydrogen-bond acceptors (Lipinski definition) is 3. The fraction of sp³-hybridized carbons (Fsp3) is 0.167. The Morgan fingerprint density at radius 1 is 1.35 bits per heavy atom. The molecule has 17 heavy (non-hydrogen) atoms. The number of nitrogens with two attached hydrogens (primary N) is 1. The summed E-state index contributed by atoms with van der Waals surface area (Å²) < 4.78 is 0. The molecule has 0 saturated heterocycles. The van der Waals surface area contributed by atoms with Gasteiger partial charge in [0.2, 0.25) is 5.91 Å². The highest BCUT2D eigenvalue weighted by atomic mass is 16.1. The third-order valence-electron chi connectivity index (χ3n) is 2.87. The van der Waals surface area contributed by atoms with Crippen LogP contribution < -0.4 is 11.1 Å². The Hall–Kier alpha value is -2.30. The van der Waals surface area contributed by atoms with Gasteiger partial charge in [0.1, 0.15) is 5.82 Å². The molecule has 1 aliphatic rings. The van der Waals surface area contributed by atoms with Crippen LogP contribution in [-0.4, -0.2) is 16.1 Å². The second-order valence-electron chi connectivity index (χ2n) is 4.28. The molecule has 0 spiro atoms. The Morgan fingerprint density at radius 2 is 2.18 bits per heavy atom. The van der Waals surface area contributed by atoms with E-state index in [0.29, 0.717) is 12.2 Å². The lowest BCUT2D eigenvalue weighted by Crippen LogP contribution is -2.04. The highest BCUT2D eigenvalue weighted by Gasteiger charge is 2.22. The van der Waals surface area contributed by atoms with Gasteiger partial charge < -0.3 is 11.1 Å². The molecular formula is C12H12N4O. The van der Waals surface area contributed by atoms with E-state index >= 15 is 0 Å². The summed E-state index contributed by atoms with van der Waals surface area (Å²) in [7, 11) is 0. The van der Waals surface area contributed by atoms with Crippen molar-refractivity contribution in [3.63, 3.8) is 0 Å². The van der Waals surface area contributed by atoms with E-state index in [2.05, 4.69) is 15.5 Å². The summed E-state index contributed by atoms with van der Waals surface area (Å²) in [4.78, 5) is 11.4. The normalized spacial score (nSPS) is 13.6. The monoisotopic (exact) mass is 228 g/mol. The van der Waals surface area contributed by atoms with Gasteiger partial charge in [0, 0.05) is 11.6 Å². The van der Waals surface area contributed by atoms with Gasteiger partial charge >= 0.3 is 0 Å². The van der Waals surface area contributed by atoms with E-state index in [4.69, 9.17) is 5.73 Å². The van der Waals surface area contributed by atoms with Crippen LogP contribution in [0.4, 0.5) is 11.5 Å². The van der Waals surface area contributed by atoms with Crippen molar-refractivity contribution < 1.29 is 4.79 Å². The van der Waals surface area contributed by atoms with Gasteiger partial charge in [-0.1, -0.05) is 11.6 Å². The third kappa shape index (κ3) is 1.56. The number of amides is 1. The van der Waals surface area contributed by atoms with Gasteiger partial charge in [-0.3, -0.25) is 9.89 Å². The average Bonchev–Trinajstić information content (AvgIpc) is 2.82. The van der Waals surface area contributed by atoms with E-state index in [0.717, 1.165) is 28.1 Å². The standard InChI is InChI=1S/C12H12N4O/c1-6-2-7-4-11(17)14-12(7)8(3-6)9-5-10(13)16-15-9/h2-3,5H,4H2,1H3,(H,14,17)(H3,13,15,16). The smallest absolute Gasteiger partial charge is 0.228 e. The third-order valence-corrected chi connectivity index (χ3v) is 2.87. The van der Waals surface area contributed by atoms with Crippen LogP contribution in [0, 0.1) is 6.92 Å². The number of aromatic nitrogens is 2. The number of anilines is 2. The molecule has 2 heterocycles. The molecule has 1 amide bonds. The summed E-state index contributed by atoms with van der Waals surface area (Å²) in [5.74, 6) is 0.471. The fourth-order valence-electron chi connectivity index (χ4n) is 2.19. The van der Waals surface area contributed by atoms with Gasteiger partial charge in [-0.05, 0) is 18.6 Å². The minimum atomic E-state index is 0.0272. The molecule has 4 N–H and O–H groups in total. The van der Waals surface area contributed by atoms with Gasteiger partial charge in [-0.15, -0.1) is 0 Å². The Balaban J connectivity index is 2.21. The number of benzene rings is 1. The molecule has 0 atom stereocenters. The number of nitrogen functional groups attached to an aromatic ring is 1. The van der Waals surface area contributed by atoms with E-state index in [1.54, 1.807) is 6.07 Å². The summed E-state index contributed by atoms with van der Waals surface area (Å²) in [5.41, 5.74) is 10.4. The summed E-state index contributed by atoms with van der Waals surface area (Å²) in [6.45, 7) is 2.01. The number of hydrogen-bond donors (Lipinski definition) is 3. The van der Waals surface area contributed by atoms with Crippen LogP contribution in [-0.2, 0) is 11.2 Å². The van der Waals surface area contributed by atoms with Gasteiger partial charge in [0.05, 0.1) is 17.8 Å². The number of nitrogens with one attached hydrogen (secondary N) is 2. The van der Waals surface area contributed by atoms with Gasteiger partial charge in [-0.25, -0.2) is 0 Å². The van der Waals surface area contributed by atoms with Crippen molar-refractivity contribution in [3.05, 3.63) is 29.3 Å². The molecule has 5 nitrogen and oxygen atoms in total. The van der Waals surface area contributed by atoms with E-state index in [9.17, 15) is 4.79 Å². The molecule has 86 valence electrons. The first kappa shape index (κ1) is 9.89. The Labute approximate surface area is 98.0 Å². The molecule has 2 aromatic rings. The quantitative estimate of drug-likeness (QED) is 0.691. The van der Waals surface area contributed by atoms with Crippen molar-refractivity contribution in [1.29, 1.82) is 0 Å². The highest BCUT2D eigenvalue weighted by molar-refractivity contribution is 6.03. The summed E-state index contributed by atoms with van der Waals surface area (Å²) in [6, 6.07) is 5.80. The van der Waals surface area contributed by atoms with Crippen LogP contribution in [0.2, 0.25) is 0 Å². The summed E-state index contributed by atoms with van der Waals surface area (Å²) >= 11 is 0. The van der Waals surface area contributed by atoms with Gasteiger partial charge in [0.25, 0.3) is 0 Å². The SMILES string of the molecule is Cc1cc2c(c(-c3cc(N)n[nH]3)c1)NC(=O)C2. The topological polar surface area (TPSA) is 83.8 Å². The number of aromatic amines is 1. The van der Waals surface area contributed by atoms with E-state index in [1.807, 2.05) is 19.1 Å². The molecule has 1 aromatic heterocycles. The first-order chi connectivity index (χ1) is 8.13. The lowest BCUT2D eigenvalue weighted by Gasteiger charge is -2.07. The predicted octanol–water partition coefficient (Wildman–Crippen LogP) is 1.46. The Kier molecular flexibility index (Phi) is 1.95. The van der Waals surface area contributed by atoms with Crippen LogP contribution in [0.5, 0.6) is 0 Å². The maximum atomic E-state index is 11.4. The number of aryl methyl sites for hydroxylation is 1. The van der Waals surface area contributed by atoms with E-state index in [-0.39, 0.29) is 5.91 Å². The highest BCUT2D eigenvalue weighted by Crippen LogP contribution is 2.35. The second kappa shape index (κ2) is 3.35. The minimum absolute atomic E-state index is 0.0272. The minimum Gasteiger partial charge on any atom is -0.382 e. The molecule has 0 aliphatic carbocycles. The molecule has 0 unspecified atom stereocenters. The van der Waals surface area contributed by atoms with E-state index < -0.39 is 0 Å². The molecule has 1 aromatic carbocycles. The van der Waals surface area contributed by atoms with Gasteiger partial charge in [0.15, 0.2) is 0 Å². The number of carbonyl (C=O) groups excluding carboxylic acids is 1. The number of carbonyl (C=O) groups is 1. The van der Waals surface area contributed by atoms with Crippen molar-refractivity contribution >= 4 is 17.4 Å². The first-order valence-corrected chi connectivity index (χ1v) is 5.38. The van der Waals surface area contributed by atoms with Crippen LogP contribution >= 0.6 is 0 Å². The van der Waals surface area contributed by atoms with Crippen molar-refractivity contribution in [2.24, 2.45) is 0 Å². The first-order valence-electron chi connectivity index (χ1n) is 5.38. The van der Waals surface area contributed by atoms with Crippen molar-refractivity contribution in [1.82, 2.24) is 10.2 Å². The molecular weight excluding hydrogens is 216 g/mol. The number of H-pyrrole nitrogens is 1. The molecule has 5 heteroatoms. The van der Waals surface area contributed by atoms with Crippen LogP contribution in [0.25, 0.3) is 11.3 Å². The number of nitrogens with zero attached hydrogens (tertiary/aromatic N) is 1. The van der Waals surface area contributed by atoms with Gasteiger partial charge in [-0.2, -0.15) is 5.10 Å². The fourth-order valence-corrected chi connectivity index (χ4v) is 2.19. The summed E-state index contributed by atoms with van der Waals surface area (Å²) in [6.07, 6.45) is 0.438. The van der Waals surface area contributed by atoms with Crippen molar-refractivity contribution in [2.45, 2.75) is 13.3 Å². The Bertz CT molecular complexity index is 615. The lowest BCUT2D eigenvalue weighted by molar-refractivity contribution is -0.115. The largest absolute Gasteiger partial charge is 0.382 e. The summed E-state index contributed by atoms with van der Waals surface area (Å²) in [5, 5.41) is 9.65. The maximum Gasteiger partial charge on any atom is 0.228 e. The average molecular weight is 228 g/mol. The zero-order valence-corrected chi connectivity index (χ0v) is 9.37. The van der Waals surface area contributed by atoms with Crippen LogP contribution in [0.1, 0.15) is 11.1 Å². The Morgan fingerprint density at radius 3 is 2.88 bits per heavy atom. The molecule has 0 saturated carbocycles. The number of fused-ring (bicyclic) bond motifs is 1. The molecule has 0 radical (unpaired) electrons. The van der Waals surface area contributed by atoms with Crippen LogP contribution in [0.15, 0.2) is 18.2 Å². The maximum absolute atomic E-state index is 11.4. The van der Waals surface area contributed by atoms with E-state index in [1.165, 1.54) is 0 Å². The lowest BCUT2D eigenvalue weighted by atomic mass is 10.0. The molecule has 3 rings (SSSR count). The molecule has 0 fully saturated rings. The van der Waals surface area contributed by atoms with Crippen molar-refractivity contribution in [3.8, 4) is 11.3 Å². The van der Waals surface area contributed by atoms with Crippen LogP contribution in [0.3, 0.4) is 0 Å².